The maximum Gasteiger partial charge on any atom is 0.0821 e. The fraction of sp³-hybridized carbons (Fsp3) is 0.286. The quantitative estimate of drug-likeness (QED) is 0.859. The second-order valence-corrected chi connectivity index (χ2v) is 7.00. The topological polar surface area (TPSA) is 80.3 Å². The van der Waals surface area contributed by atoms with Gasteiger partial charge in [0.15, 0.2) is 0 Å². The molecule has 2 aromatic heterocycles. The van der Waals surface area contributed by atoms with Crippen molar-refractivity contribution in [1.82, 2.24) is 0 Å². The molecule has 2 aromatic rings. The molecule has 0 aromatic carbocycles. The van der Waals surface area contributed by atoms with Crippen LogP contribution in [-0.2, 0) is 0 Å². The van der Waals surface area contributed by atoms with Crippen molar-refractivity contribution in [2.75, 3.05) is 0 Å². The molecule has 106 valence electrons. The lowest BCUT2D eigenvalue weighted by Gasteiger charge is -2.10. The fourth-order valence-corrected chi connectivity index (χ4v) is 4.15. The van der Waals surface area contributed by atoms with Gasteiger partial charge in [-0.3, -0.25) is 0 Å². The minimum absolute atomic E-state index is 0.0726. The lowest BCUT2D eigenvalue weighted by Crippen LogP contribution is -2.23. The molecule has 0 unspecified atom stereocenters. The van der Waals surface area contributed by atoms with Crippen LogP contribution in [-0.4, -0.2) is 11.9 Å². The van der Waals surface area contributed by atoms with Crippen LogP contribution in [0.25, 0.3) is 11.1 Å². The molecule has 0 saturated carbocycles. The van der Waals surface area contributed by atoms with Crippen molar-refractivity contribution < 1.29 is 19.8 Å². The predicted octanol–water partition coefficient (Wildman–Crippen LogP) is 1.44. The highest BCUT2D eigenvalue weighted by Crippen LogP contribution is 2.42. The van der Waals surface area contributed by atoms with Gasteiger partial charge in [0.1, 0.15) is 0 Å². The summed E-state index contributed by atoms with van der Waals surface area (Å²) < 4.78 is 0. The van der Waals surface area contributed by atoms with E-state index < -0.39 is 11.9 Å². The summed E-state index contributed by atoms with van der Waals surface area (Å²) >= 11 is 2.22. The average molecular weight is 308 g/mol. The summed E-state index contributed by atoms with van der Waals surface area (Å²) in [5, 5.41) is 22.6. The highest BCUT2D eigenvalue weighted by atomic mass is 32.1. The number of hydrogen-bond acceptors (Lipinski definition) is 6. The normalized spacial score (nSPS) is 10.8. The molecule has 6 heteroatoms. The third-order valence-electron chi connectivity index (χ3n) is 3.39. The molecule has 0 bridgehead atoms. The van der Waals surface area contributed by atoms with Crippen molar-refractivity contribution in [3.05, 3.63) is 30.6 Å². The van der Waals surface area contributed by atoms with Crippen molar-refractivity contribution in [3.63, 3.8) is 0 Å². The zero-order chi connectivity index (χ0) is 15.2. The number of rotatable bonds is 3. The molecule has 0 radical (unpaired) electrons. The summed E-state index contributed by atoms with van der Waals surface area (Å²) in [6.45, 7) is 7.20. The molecular formula is C14H12O4S2-2. The van der Waals surface area contributed by atoms with Crippen LogP contribution in [0.2, 0.25) is 0 Å². The van der Waals surface area contributed by atoms with E-state index in [0.717, 1.165) is 43.6 Å². The number of thiophene rings is 2. The smallest absolute Gasteiger partial charge is 0.0821 e. The number of carboxylic acid groups (broad SMARTS) is 2. The Morgan fingerprint density at radius 3 is 1.30 bits per heavy atom. The van der Waals surface area contributed by atoms with Crippen LogP contribution in [0.5, 0.6) is 0 Å². The van der Waals surface area contributed by atoms with Crippen molar-refractivity contribution in [2.24, 2.45) is 0 Å². The maximum absolute atomic E-state index is 11.3. The van der Waals surface area contributed by atoms with Crippen molar-refractivity contribution in [3.8, 4) is 11.1 Å². The monoisotopic (exact) mass is 308 g/mol. The van der Waals surface area contributed by atoms with Crippen molar-refractivity contribution >= 4 is 34.6 Å². The molecule has 0 N–H and O–H groups in total. The van der Waals surface area contributed by atoms with Gasteiger partial charge in [-0.1, -0.05) is 0 Å². The van der Waals surface area contributed by atoms with Gasteiger partial charge in [-0.05, 0) is 38.8 Å². The van der Waals surface area contributed by atoms with Gasteiger partial charge in [-0.2, -0.15) is 0 Å². The number of aryl methyl sites for hydroxylation is 2. The van der Waals surface area contributed by atoms with Gasteiger partial charge in [0.2, 0.25) is 0 Å². The van der Waals surface area contributed by atoms with Gasteiger partial charge >= 0.3 is 0 Å². The van der Waals surface area contributed by atoms with Crippen molar-refractivity contribution in [1.29, 1.82) is 0 Å². The molecule has 0 spiro atoms. The molecule has 0 amide bonds. The number of carbonyl (C=O) groups excluding carboxylic acids is 2. The Kier molecular flexibility index (Phi) is 3.71. The van der Waals surface area contributed by atoms with E-state index in [1.165, 1.54) is 0 Å². The highest BCUT2D eigenvalue weighted by molar-refractivity contribution is 7.15. The summed E-state index contributed by atoms with van der Waals surface area (Å²) in [6, 6.07) is 0. The van der Waals surface area contributed by atoms with E-state index in [1.807, 2.05) is 13.8 Å². The molecule has 2 rings (SSSR count). The lowest BCUT2D eigenvalue weighted by atomic mass is 9.97. The Morgan fingerprint density at radius 1 is 0.750 bits per heavy atom. The molecule has 2 heterocycles. The molecule has 0 aliphatic heterocycles. The van der Waals surface area contributed by atoms with Gasteiger partial charge in [-0.25, -0.2) is 0 Å². The number of carbonyl (C=O) groups is 2. The minimum atomic E-state index is -1.28. The van der Waals surface area contributed by atoms with Gasteiger partial charge < -0.3 is 19.8 Å². The van der Waals surface area contributed by atoms with Gasteiger partial charge in [-0.15, -0.1) is 22.7 Å². The molecule has 0 saturated heterocycles. The first kappa shape index (κ1) is 14.7. The third-order valence-corrected chi connectivity index (χ3v) is 5.77. The van der Waals surface area contributed by atoms with E-state index in [0.29, 0.717) is 11.1 Å². The molecule has 0 aliphatic carbocycles. The lowest BCUT2D eigenvalue weighted by molar-refractivity contribution is -0.255. The summed E-state index contributed by atoms with van der Waals surface area (Å²) in [4.78, 5) is 24.4. The Labute approximate surface area is 124 Å². The summed E-state index contributed by atoms with van der Waals surface area (Å²) in [6.07, 6.45) is 0. The van der Waals surface area contributed by atoms with Crippen molar-refractivity contribution in [2.45, 2.75) is 27.7 Å². The maximum atomic E-state index is 11.3. The second kappa shape index (κ2) is 5.03. The SMILES string of the molecule is Cc1sc(C(=O)[O-])c(-c2c(C(=O)[O-])sc(C)c2C)c1C. The van der Waals surface area contributed by atoms with E-state index in [9.17, 15) is 19.8 Å². The first-order chi connectivity index (χ1) is 9.25. The van der Waals surface area contributed by atoms with Gasteiger partial charge in [0.05, 0.1) is 21.7 Å². The minimum Gasteiger partial charge on any atom is -0.544 e. The van der Waals surface area contributed by atoms with E-state index in [1.54, 1.807) is 13.8 Å². The zero-order valence-corrected chi connectivity index (χ0v) is 13.1. The van der Waals surface area contributed by atoms with Crippen LogP contribution in [0, 0.1) is 27.7 Å². The summed E-state index contributed by atoms with van der Waals surface area (Å²) in [5.74, 6) is -2.57. The Balaban J connectivity index is 2.88. The van der Waals surface area contributed by atoms with E-state index in [4.69, 9.17) is 0 Å². The van der Waals surface area contributed by atoms with E-state index >= 15 is 0 Å². The molecule has 0 fully saturated rings. The van der Waals surface area contributed by atoms with E-state index in [-0.39, 0.29) is 9.75 Å². The molecule has 0 atom stereocenters. The van der Waals surface area contributed by atoms with Crippen LogP contribution >= 0.6 is 22.7 Å². The zero-order valence-electron chi connectivity index (χ0n) is 11.4. The Morgan fingerprint density at radius 2 is 1.05 bits per heavy atom. The van der Waals surface area contributed by atoms with Crippen LogP contribution in [0.4, 0.5) is 0 Å². The first-order valence-electron chi connectivity index (χ1n) is 5.88. The molecular weight excluding hydrogens is 296 g/mol. The summed E-state index contributed by atoms with van der Waals surface area (Å²) in [7, 11) is 0. The highest BCUT2D eigenvalue weighted by Gasteiger charge is 2.22. The first-order valence-corrected chi connectivity index (χ1v) is 7.52. The molecule has 20 heavy (non-hydrogen) atoms. The van der Waals surface area contributed by atoms with Crippen LogP contribution in [0.15, 0.2) is 0 Å². The average Bonchev–Trinajstić information content (AvgIpc) is 2.80. The number of hydrogen-bond donors (Lipinski definition) is 0. The Bertz CT molecular complexity index is 660. The van der Waals surface area contributed by atoms with E-state index in [2.05, 4.69) is 0 Å². The largest absolute Gasteiger partial charge is 0.544 e. The molecule has 0 aliphatic rings. The summed E-state index contributed by atoms with van der Waals surface area (Å²) in [5.41, 5.74) is 2.46. The van der Waals surface area contributed by atoms with Crippen LogP contribution in [0.3, 0.4) is 0 Å². The second-order valence-electron chi connectivity index (χ2n) is 4.55. The van der Waals surface area contributed by atoms with Gasteiger partial charge in [0.25, 0.3) is 0 Å². The fourth-order valence-electron chi connectivity index (χ4n) is 2.14. The standard InChI is InChI=1S/C14H14O4S2/c1-5-7(3)19-11(13(15)16)9(5)10-6(2)8(4)20-12(10)14(17)18/h1-4H3,(H,15,16)(H,17,18)/p-2. The predicted molar refractivity (Wildman–Crippen MR) is 75.2 cm³/mol. The van der Waals surface area contributed by atoms with Crippen LogP contribution in [0.1, 0.15) is 40.2 Å². The third kappa shape index (κ3) is 2.14. The number of carboxylic acids is 2. The number of aromatic carboxylic acids is 2. The molecule has 4 nitrogen and oxygen atoms in total. The van der Waals surface area contributed by atoms with Gasteiger partial charge in [0, 0.05) is 20.9 Å². The van der Waals surface area contributed by atoms with Crippen LogP contribution < -0.4 is 10.2 Å². The Hall–Kier alpha value is -1.66.